The number of aliphatic hydroxyl groups excluding tert-OH is 1. The van der Waals surface area contributed by atoms with Crippen molar-refractivity contribution in [3.63, 3.8) is 0 Å². The second-order valence-electron chi connectivity index (χ2n) is 6.45. The number of likely N-dealkylation sites (N-methyl/N-ethyl adjacent to an activating group) is 1. The number of hydrogen-bond donors (Lipinski definition) is 2. The van der Waals surface area contributed by atoms with E-state index < -0.39 is 18.2 Å². The molecule has 3 atom stereocenters. The summed E-state index contributed by atoms with van der Waals surface area (Å²) in [6.45, 7) is 1.76. The van der Waals surface area contributed by atoms with Crippen LogP contribution in [0.1, 0.15) is 34.5 Å². The minimum absolute atomic E-state index is 0.154. The molecule has 2 aromatic rings. The van der Waals surface area contributed by atoms with E-state index in [4.69, 9.17) is 0 Å². The molecule has 25 heavy (non-hydrogen) atoms. The van der Waals surface area contributed by atoms with E-state index in [0.717, 1.165) is 11.1 Å². The second kappa shape index (κ2) is 7.07. The van der Waals surface area contributed by atoms with Crippen LogP contribution in [0.2, 0.25) is 0 Å². The summed E-state index contributed by atoms with van der Waals surface area (Å²) in [5.41, 5.74) is 2.27. The molecule has 2 N–H and O–H groups in total. The molecule has 0 fully saturated rings. The van der Waals surface area contributed by atoms with Gasteiger partial charge < -0.3 is 15.3 Å². The van der Waals surface area contributed by atoms with Crippen LogP contribution < -0.4 is 5.32 Å². The minimum atomic E-state index is -0.804. The lowest BCUT2D eigenvalue weighted by Gasteiger charge is -2.34. The smallest absolute Gasteiger partial charge is 0.254 e. The molecule has 0 aromatic heterocycles. The lowest BCUT2D eigenvalue weighted by molar-refractivity contribution is -0.126. The summed E-state index contributed by atoms with van der Waals surface area (Å²) in [5.74, 6) is -0.411. The molecular weight excluding hydrogens is 316 g/mol. The summed E-state index contributed by atoms with van der Waals surface area (Å²) in [6, 6.07) is 15.5. The number of carbonyl (C=O) groups is 2. The van der Waals surface area contributed by atoms with E-state index in [0.29, 0.717) is 12.0 Å². The average molecular weight is 338 g/mol. The number of amides is 2. The zero-order valence-electron chi connectivity index (χ0n) is 14.3. The number of rotatable bonds is 4. The van der Waals surface area contributed by atoms with Gasteiger partial charge in [0.05, 0.1) is 12.1 Å². The van der Waals surface area contributed by atoms with Gasteiger partial charge in [-0.3, -0.25) is 9.59 Å². The number of hydrogen-bond acceptors (Lipinski definition) is 3. The highest BCUT2D eigenvalue weighted by atomic mass is 16.3. The van der Waals surface area contributed by atoms with Crippen LogP contribution in [0.25, 0.3) is 0 Å². The number of fused-ring (bicyclic) bond motifs is 1. The number of nitrogens with zero attached hydrogens (tertiary/aromatic N) is 1. The Morgan fingerprint density at radius 1 is 1.16 bits per heavy atom. The minimum Gasteiger partial charge on any atom is -0.386 e. The molecule has 0 spiro atoms. The molecule has 5 heteroatoms. The highest BCUT2D eigenvalue weighted by Crippen LogP contribution is 2.23. The fourth-order valence-electron chi connectivity index (χ4n) is 3.19. The molecule has 2 unspecified atom stereocenters. The van der Waals surface area contributed by atoms with Crippen molar-refractivity contribution in [3.8, 4) is 0 Å². The van der Waals surface area contributed by atoms with Crippen molar-refractivity contribution in [1.29, 1.82) is 0 Å². The fourth-order valence-corrected chi connectivity index (χ4v) is 3.19. The van der Waals surface area contributed by atoms with E-state index in [1.165, 1.54) is 4.90 Å². The van der Waals surface area contributed by atoms with Crippen LogP contribution in [0.5, 0.6) is 0 Å². The molecule has 2 amide bonds. The molecular formula is C20H22N2O3. The molecule has 0 saturated heterocycles. The molecule has 1 aliphatic heterocycles. The standard InChI is InChI=1S/C20H22N2O3/c1-13(18(23)14-8-4-3-5-9-14)21-19(24)17-12-15-10-6-7-11-16(15)20(25)22(17)2/h3-11,13,17-18,23H,12H2,1-2H3,(H,21,24)/t13-,17?,18?/m0/s1. The van der Waals surface area contributed by atoms with Gasteiger partial charge in [0.2, 0.25) is 5.91 Å². The van der Waals surface area contributed by atoms with Gasteiger partial charge in [0.1, 0.15) is 6.04 Å². The van der Waals surface area contributed by atoms with Crippen LogP contribution in [0.3, 0.4) is 0 Å². The van der Waals surface area contributed by atoms with Crippen LogP contribution >= 0.6 is 0 Å². The molecule has 0 saturated carbocycles. The number of aliphatic hydroxyl groups is 1. The Kier molecular flexibility index (Phi) is 4.86. The highest BCUT2D eigenvalue weighted by molar-refractivity contribution is 6.00. The Bertz CT molecular complexity index is 776. The van der Waals surface area contributed by atoms with Gasteiger partial charge in [-0.1, -0.05) is 48.5 Å². The van der Waals surface area contributed by atoms with Gasteiger partial charge in [-0.2, -0.15) is 0 Å². The summed E-state index contributed by atoms with van der Waals surface area (Å²) in [6.07, 6.45) is -0.333. The van der Waals surface area contributed by atoms with Crippen LogP contribution in [0.15, 0.2) is 54.6 Å². The third-order valence-electron chi connectivity index (χ3n) is 4.74. The number of benzene rings is 2. The Morgan fingerprint density at radius 3 is 2.52 bits per heavy atom. The van der Waals surface area contributed by atoms with Gasteiger partial charge in [0.25, 0.3) is 5.91 Å². The van der Waals surface area contributed by atoms with Crippen molar-refractivity contribution in [2.45, 2.75) is 31.5 Å². The van der Waals surface area contributed by atoms with Crippen molar-refractivity contribution in [2.75, 3.05) is 7.05 Å². The van der Waals surface area contributed by atoms with Gasteiger partial charge in [-0.15, -0.1) is 0 Å². The SMILES string of the molecule is C[C@H](NC(=O)C1Cc2ccccc2C(=O)N1C)C(O)c1ccccc1. The van der Waals surface area contributed by atoms with E-state index >= 15 is 0 Å². The first kappa shape index (κ1) is 17.2. The van der Waals surface area contributed by atoms with Gasteiger partial charge in [-0.25, -0.2) is 0 Å². The quantitative estimate of drug-likeness (QED) is 0.895. The molecule has 0 radical (unpaired) electrons. The fraction of sp³-hybridized carbons (Fsp3) is 0.300. The summed E-state index contributed by atoms with van der Waals surface area (Å²) in [5, 5.41) is 13.3. The van der Waals surface area contributed by atoms with Gasteiger partial charge in [0, 0.05) is 19.0 Å². The molecule has 5 nitrogen and oxygen atoms in total. The largest absolute Gasteiger partial charge is 0.386 e. The van der Waals surface area contributed by atoms with E-state index in [1.807, 2.05) is 48.5 Å². The van der Waals surface area contributed by atoms with Crippen molar-refractivity contribution in [1.82, 2.24) is 10.2 Å². The topological polar surface area (TPSA) is 69.6 Å². The van der Waals surface area contributed by atoms with Crippen molar-refractivity contribution in [3.05, 3.63) is 71.3 Å². The van der Waals surface area contributed by atoms with Gasteiger partial charge >= 0.3 is 0 Å². The normalized spacial score (nSPS) is 19.1. The molecule has 2 aromatic carbocycles. The van der Waals surface area contributed by atoms with Gasteiger partial charge in [0.15, 0.2) is 0 Å². The maximum atomic E-state index is 12.7. The molecule has 3 rings (SSSR count). The van der Waals surface area contributed by atoms with E-state index in [2.05, 4.69) is 5.32 Å². The maximum Gasteiger partial charge on any atom is 0.254 e. The van der Waals surface area contributed by atoms with E-state index in [-0.39, 0.29) is 11.8 Å². The molecule has 0 bridgehead atoms. The third kappa shape index (κ3) is 3.42. The lowest BCUT2D eigenvalue weighted by atomic mass is 9.93. The maximum absolute atomic E-state index is 12.7. The number of carbonyl (C=O) groups excluding carboxylic acids is 2. The zero-order chi connectivity index (χ0) is 18.0. The highest BCUT2D eigenvalue weighted by Gasteiger charge is 2.35. The molecule has 130 valence electrons. The van der Waals surface area contributed by atoms with E-state index in [1.54, 1.807) is 20.0 Å². The lowest BCUT2D eigenvalue weighted by Crippen LogP contribution is -2.54. The van der Waals surface area contributed by atoms with Crippen molar-refractivity contribution < 1.29 is 14.7 Å². The monoisotopic (exact) mass is 338 g/mol. The summed E-state index contributed by atoms with van der Waals surface area (Å²) in [7, 11) is 1.64. The Labute approximate surface area is 147 Å². The van der Waals surface area contributed by atoms with Crippen LogP contribution in [0.4, 0.5) is 0 Å². The molecule has 1 aliphatic rings. The first-order valence-electron chi connectivity index (χ1n) is 8.37. The van der Waals surface area contributed by atoms with Crippen molar-refractivity contribution in [2.24, 2.45) is 0 Å². The predicted molar refractivity (Wildman–Crippen MR) is 95.0 cm³/mol. The third-order valence-corrected chi connectivity index (χ3v) is 4.74. The van der Waals surface area contributed by atoms with Crippen LogP contribution in [0, 0.1) is 0 Å². The van der Waals surface area contributed by atoms with Crippen molar-refractivity contribution >= 4 is 11.8 Å². The Balaban J connectivity index is 1.72. The van der Waals surface area contributed by atoms with Crippen LogP contribution in [-0.4, -0.2) is 41.0 Å². The zero-order valence-corrected chi connectivity index (χ0v) is 14.3. The molecule has 1 heterocycles. The first-order valence-corrected chi connectivity index (χ1v) is 8.37. The molecule has 0 aliphatic carbocycles. The first-order chi connectivity index (χ1) is 12.0. The Hall–Kier alpha value is -2.66. The predicted octanol–water partition coefficient (Wildman–Crippen LogP) is 1.92. The second-order valence-corrected chi connectivity index (χ2v) is 6.45. The summed E-state index contributed by atoms with van der Waals surface area (Å²) >= 11 is 0. The van der Waals surface area contributed by atoms with Gasteiger partial charge in [-0.05, 0) is 24.1 Å². The summed E-state index contributed by atoms with van der Waals surface area (Å²) < 4.78 is 0. The average Bonchev–Trinajstić information content (AvgIpc) is 2.64. The Morgan fingerprint density at radius 2 is 1.80 bits per heavy atom. The number of nitrogens with one attached hydrogen (secondary N) is 1. The van der Waals surface area contributed by atoms with E-state index in [9.17, 15) is 14.7 Å². The van der Waals surface area contributed by atoms with Crippen LogP contribution in [-0.2, 0) is 11.2 Å². The summed E-state index contributed by atoms with van der Waals surface area (Å²) in [4.78, 5) is 26.6.